The second-order valence-corrected chi connectivity index (χ2v) is 12.8. The van der Waals surface area contributed by atoms with E-state index in [0.717, 1.165) is 49.7 Å². The zero-order chi connectivity index (χ0) is 35.6. The molecule has 8 heteroatoms. The average Bonchev–Trinajstić information content (AvgIpc) is 3.18. The Labute approximate surface area is 303 Å². The third kappa shape index (κ3) is 11.0. The van der Waals surface area contributed by atoms with Crippen molar-refractivity contribution in [2.24, 2.45) is 0 Å². The van der Waals surface area contributed by atoms with Crippen LogP contribution in [0.15, 0.2) is 109 Å². The van der Waals surface area contributed by atoms with Crippen molar-refractivity contribution in [1.29, 1.82) is 0 Å². The van der Waals surface area contributed by atoms with Gasteiger partial charge in [0, 0.05) is 13.1 Å². The maximum absolute atomic E-state index is 14.9. The van der Waals surface area contributed by atoms with Crippen LogP contribution in [0.2, 0.25) is 0 Å². The van der Waals surface area contributed by atoms with E-state index in [1.807, 2.05) is 114 Å². The Hall–Kier alpha value is -4.53. The number of nitrogens with zero attached hydrogens (tertiary/aromatic N) is 1. The van der Waals surface area contributed by atoms with E-state index in [9.17, 15) is 4.79 Å². The molecule has 0 spiro atoms. The molecule has 4 aromatic rings. The van der Waals surface area contributed by atoms with E-state index in [1.165, 1.54) is 0 Å². The van der Waals surface area contributed by atoms with Gasteiger partial charge in [0.15, 0.2) is 34.7 Å². The number of para-hydroxylation sites is 4. The van der Waals surface area contributed by atoms with Crippen molar-refractivity contribution in [3.63, 3.8) is 0 Å². The van der Waals surface area contributed by atoms with Crippen molar-refractivity contribution in [3.8, 4) is 23.0 Å². The van der Waals surface area contributed by atoms with Crippen LogP contribution in [0.25, 0.3) is 0 Å². The first-order valence-corrected chi connectivity index (χ1v) is 18.5. The number of fused-ring (bicyclic) bond motifs is 2. The summed E-state index contributed by atoms with van der Waals surface area (Å²) in [5.41, 5.74) is 0.332. The summed E-state index contributed by atoms with van der Waals surface area (Å²) < 4.78 is 38.6. The molecule has 4 aromatic carbocycles. The molecule has 1 heterocycles. The highest BCUT2D eigenvalue weighted by molar-refractivity contribution is 5.82. The molecule has 1 unspecified atom stereocenters. The van der Waals surface area contributed by atoms with E-state index >= 15 is 0 Å². The van der Waals surface area contributed by atoms with Crippen LogP contribution >= 0.6 is 0 Å². The molecule has 0 fully saturated rings. The van der Waals surface area contributed by atoms with E-state index in [1.54, 1.807) is 0 Å². The molecule has 1 aliphatic heterocycles. The number of unbranched alkanes of at least 4 members (excludes halogenated alkanes) is 4. The van der Waals surface area contributed by atoms with Gasteiger partial charge in [-0.05, 0) is 48.2 Å². The molecule has 0 N–H and O–H groups in total. The van der Waals surface area contributed by atoms with E-state index < -0.39 is 11.7 Å². The van der Waals surface area contributed by atoms with Crippen LogP contribution in [-0.2, 0) is 19.9 Å². The van der Waals surface area contributed by atoms with Crippen LogP contribution < -0.4 is 18.9 Å². The normalized spacial score (nSPS) is 15.4. The Morgan fingerprint density at radius 2 is 1.06 bits per heavy atom. The van der Waals surface area contributed by atoms with Crippen molar-refractivity contribution in [3.05, 3.63) is 120 Å². The molecule has 1 aliphatic rings. The Morgan fingerprint density at radius 1 is 0.608 bits per heavy atom. The van der Waals surface area contributed by atoms with Gasteiger partial charge in [-0.25, -0.2) is 0 Å². The van der Waals surface area contributed by atoms with Crippen LogP contribution in [0.4, 0.5) is 0 Å². The van der Waals surface area contributed by atoms with Gasteiger partial charge in [-0.3, -0.25) is 4.79 Å². The minimum atomic E-state index is -1.25. The van der Waals surface area contributed by atoms with Gasteiger partial charge in [-0.1, -0.05) is 124 Å². The Balaban J connectivity index is 1.60. The molecule has 5 rings (SSSR count). The van der Waals surface area contributed by atoms with Crippen molar-refractivity contribution in [2.45, 2.75) is 64.1 Å². The van der Waals surface area contributed by atoms with E-state index in [0.29, 0.717) is 62.5 Å². The molecule has 0 aromatic heterocycles. The highest BCUT2D eigenvalue weighted by Gasteiger charge is 2.42. The summed E-state index contributed by atoms with van der Waals surface area (Å²) in [5, 5.41) is 0. The number of hydrogen-bond donors (Lipinski definition) is 0. The van der Waals surface area contributed by atoms with Crippen molar-refractivity contribution >= 4 is 5.91 Å². The van der Waals surface area contributed by atoms with E-state index in [2.05, 4.69) is 13.8 Å². The summed E-state index contributed by atoms with van der Waals surface area (Å²) >= 11 is 0. The molecule has 0 saturated carbocycles. The first kappa shape index (κ1) is 37.7. The molecule has 51 heavy (non-hydrogen) atoms. The predicted octanol–water partition coefficient (Wildman–Crippen LogP) is 8.79. The lowest BCUT2D eigenvalue weighted by atomic mass is 9.93. The van der Waals surface area contributed by atoms with E-state index in [-0.39, 0.29) is 19.1 Å². The first-order chi connectivity index (χ1) is 25.1. The zero-order valence-electron chi connectivity index (χ0n) is 30.2. The van der Waals surface area contributed by atoms with Gasteiger partial charge in [0.1, 0.15) is 26.4 Å². The average molecular weight is 696 g/mol. The molecule has 0 saturated heterocycles. The summed E-state index contributed by atoms with van der Waals surface area (Å²) in [4.78, 5) is 16.9. The number of rotatable bonds is 13. The monoisotopic (exact) mass is 695 g/mol. The fraction of sp³-hybridized carbons (Fsp3) is 0.419. The lowest BCUT2D eigenvalue weighted by molar-refractivity contribution is -0.173. The second kappa shape index (κ2) is 20.4. The Bertz CT molecular complexity index is 1520. The van der Waals surface area contributed by atoms with Gasteiger partial charge in [0.25, 0.3) is 5.91 Å². The van der Waals surface area contributed by atoms with Gasteiger partial charge in [-0.2, -0.15) is 0 Å². The first-order valence-electron chi connectivity index (χ1n) is 18.5. The SMILES string of the molecule is CCCCCN(CCCCC)C(=O)C(OC1(c2ccccc2)COc2ccccc2OCCOCCOc2ccccc2OC1)c1ccccc1. The van der Waals surface area contributed by atoms with Crippen LogP contribution in [0.1, 0.15) is 69.6 Å². The summed E-state index contributed by atoms with van der Waals surface area (Å²) in [7, 11) is 0. The molecule has 1 atom stereocenters. The number of carbonyl (C=O) groups is 1. The minimum absolute atomic E-state index is 0.0270. The lowest BCUT2D eigenvalue weighted by Gasteiger charge is -2.38. The van der Waals surface area contributed by atoms with Crippen LogP contribution in [-0.4, -0.2) is 63.5 Å². The molecule has 0 bridgehead atoms. The summed E-state index contributed by atoms with van der Waals surface area (Å²) in [6.45, 7) is 7.23. The van der Waals surface area contributed by atoms with Crippen molar-refractivity contribution < 1.29 is 33.2 Å². The number of carbonyl (C=O) groups excluding carboxylic acids is 1. The minimum Gasteiger partial charge on any atom is -0.487 e. The molecular weight excluding hydrogens is 642 g/mol. The van der Waals surface area contributed by atoms with Crippen molar-refractivity contribution in [1.82, 2.24) is 4.90 Å². The van der Waals surface area contributed by atoms with Gasteiger partial charge in [-0.15, -0.1) is 0 Å². The fourth-order valence-corrected chi connectivity index (χ4v) is 6.09. The predicted molar refractivity (Wildman–Crippen MR) is 200 cm³/mol. The highest BCUT2D eigenvalue weighted by atomic mass is 16.6. The largest absolute Gasteiger partial charge is 0.487 e. The lowest BCUT2D eigenvalue weighted by Crippen LogP contribution is -2.47. The number of hydrogen-bond acceptors (Lipinski definition) is 7. The molecule has 0 aliphatic carbocycles. The highest BCUT2D eigenvalue weighted by Crippen LogP contribution is 2.38. The summed E-state index contributed by atoms with van der Waals surface area (Å²) in [5.74, 6) is 2.22. The van der Waals surface area contributed by atoms with Crippen LogP contribution in [0.3, 0.4) is 0 Å². The molecule has 1 amide bonds. The molecule has 8 nitrogen and oxygen atoms in total. The zero-order valence-corrected chi connectivity index (χ0v) is 30.2. The number of amides is 1. The summed E-state index contributed by atoms with van der Waals surface area (Å²) in [6, 6.07) is 34.8. The third-order valence-electron chi connectivity index (χ3n) is 8.94. The molecule has 272 valence electrons. The van der Waals surface area contributed by atoms with Gasteiger partial charge < -0.3 is 33.3 Å². The number of ether oxygens (including phenoxy) is 6. The molecular formula is C43H53NO7. The third-order valence-corrected chi connectivity index (χ3v) is 8.94. The topological polar surface area (TPSA) is 75.7 Å². The van der Waals surface area contributed by atoms with Gasteiger partial charge >= 0.3 is 0 Å². The molecule has 0 radical (unpaired) electrons. The smallest absolute Gasteiger partial charge is 0.256 e. The fourth-order valence-electron chi connectivity index (χ4n) is 6.09. The van der Waals surface area contributed by atoms with Gasteiger partial charge in [0.05, 0.1) is 13.2 Å². The maximum Gasteiger partial charge on any atom is 0.256 e. The summed E-state index contributed by atoms with van der Waals surface area (Å²) in [6.07, 6.45) is 5.20. The Morgan fingerprint density at radius 3 is 1.55 bits per heavy atom. The van der Waals surface area contributed by atoms with Crippen molar-refractivity contribution in [2.75, 3.05) is 52.7 Å². The standard InChI is InChI=1S/C43H53NO7/c1-3-5-17-27-44(28-18-6-4-2)42(45)41(35-19-9-7-10-20-35)51-43(36-21-11-8-12-22-36)33-49-39-25-15-13-23-37(39)47-31-29-46-30-32-48-38-24-14-16-26-40(38)50-34-43/h7-16,19-26,41H,3-6,17-18,27-34H2,1-2H3. The van der Waals surface area contributed by atoms with Crippen LogP contribution in [0.5, 0.6) is 23.0 Å². The number of benzene rings is 4. The second-order valence-electron chi connectivity index (χ2n) is 12.8. The van der Waals surface area contributed by atoms with E-state index in [4.69, 9.17) is 28.4 Å². The quantitative estimate of drug-likeness (QED) is 0.130. The van der Waals surface area contributed by atoms with Crippen LogP contribution in [0, 0.1) is 0 Å². The maximum atomic E-state index is 14.9. The Kier molecular flexibility index (Phi) is 15.1. The van der Waals surface area contributed by atoms with Gasteiger partial charge in [0.2, 0.25) is 0 Å².